The molecule has 1 heterocycles. The smallest absolute Gasteiger partial charge is 0.0727 e. The highest BCUT2D eigenvalue weighted by atomic mass is 35.5. The predicted octanol–water partition coefficient (Wildman–Crippen LogP) is 5.98. The first-order valence-electron chi connectivity index (χ1n) is 6.94. The lowest BCUT2D eigenvalue weighted by Crippen LogP contribution is -1.95. The monoisotopic (exact) mass is 332 g/mol. The Kier molecular flexibility index (Phi) is 4.94. The SMILES string of the molecule is Cc1cc(Nc2ccc(C)c(C)c2)c2cc(Cl)ccc2n1.Cl. The molecule has 2 nitrogen and oxygen atoms in total. The maximum absolute atomic E-state index is 6.12. The highest BCUT2D eigenvalue weighted by Crippen LogP contribution is 2.29. The van der Waals surface area contributed by atoms with Gasteiger partial charge in [-0.25, -0.2) is 0 Å². The first-order chi connectivity index (χ1) is 10.0. The van der Waals surface area contributed by atoms with Crippen molar-refractivity contribution in [2.75, 3.05) is 5.32 Å². The van der Waals surface area contributed by atoms with Crippen LogP contribution in [0.15, 0.2) is 42.5 Å². The molecule has 1 aromatic heterocycles. The summed E-state index contributed by atoms with van der Waals surface area (Å²) in [6, 6.07) is 14.2. The third-order valence-corrected chi connectivity index (χ3v) is 3.92. The van der Waals surface area contributed by atoms with E-state index in [-0.39, 0.29) is 12.4 Å². The Bertz CT molecular complexity index is 829. The highest BCUT2D eigenvalue weighted by molar-refractivity contribution is 6.31. The van der Waals surface area contributed by atoms with Gasteiger partial charge in [0, 0.05) is 27.5 Å². The van der Waals surface area contributed by atoms with Gasteiger partial charge in [0.25, 0.3) is 0 Å². The number of rotatable bonds is 2. The number of benzene rings is 2. The molecule has 0 saturated carbocycles. The summed E-state index contributed by atoms with van der Waals surface area (Å²) in [6.45, 7) is 6.23. The largest absolute Gasteiger partial charge is 0.355 e. The summed E-state index contributed by atoms with van der Waals surface area (Å²) < 4.78 is 0. The minimum Gasteiger partial charge on any atom is -0.355 e. The Morgan fingerprint density at radius 1 is 0.909 bits per heavy atom. The summed E-state index contributed by atoms with van der Waals surface area (Å²) in [7, 11) is 0. The van der Waals surface area contributed by atoms with Gasteiger partial charge in [-0.2, -0.15) is 0 Å². The van der Waals surface area contributed by atoms with Gasteiger partial charge in [0.15, 0.2) is 0 Å². The molecule has 0 amide bonds. The van der Waals surface area contributed by atoms with Gasteiger partial charge in [0.2, 0.25) is 0 Å². The summed E-state index contributed by atoms with van der Waals surface area (Å²) in [5, 5.41) is 5.24. The minimum atomic E-state index is 0. The quantitative estimate of drug-likeness (QED) is 0.624. The van der Waals surface area contributed by atoms with Crippen LogP contribution in [0.5, 0.6) is 0 Å². The van der Waals surface area contributed by atoms with Crippen molar-refractivity contribution >= 4 is 46.3 Å². The fraction of sp³-hybridized carbons (Fsp3) is 0.167. The van der Waals surface area contributed by atoms with Crippen molar-refractivity contribution in [3.8, 4) is 0 Å². The van der Waals surface area contributed by atoms with Crippen molar-refractivity contribution in [2.45, 2.75) is 20.8 Å². The van der Waals surface area contributed by atoms with E-state index in [1.807, 2.05) is 31.2 Å². The molecule has 114 valence electrons. The van der Waals surface area contributed by atoms with E-state index in [9.17, 15) is 0 Å². The van der Waals surface area contributed by atoms with E-state index >= 15 is 0 Å². The Hall–Kier alpha value is -1.77. The van der Waals surface area contributed by atoms with E-state index in [0.717, 1.165) is 33.0 Å². The maximum atomic E-state index is 6.12. The molecule has 0 aliphatic carbocycles. The van der Waals surface area contributed by atoms with Crippen molar-refractivity contribution in [1.29, 1.82) is 0 Å². The maximum Gasteiger partial charge on any atom is 0.0727 e. The van der Waals surface area contributed by atoms with Crippen LogP contribution < -0.4 is 5.32 Å². The van der Waals surface area contributed by atoms with E-state index in [4.69, 9.17) is 11.6 Å². The van der Waals surface area contributed by atoms with E-state index in [0.29, 0.717) is 0 Å². The molecule has 1 N–H and O–H groups in total. The van der Waals surface area contributed by atoms with E-state index < -0.39 is 0 Å². The standard InChI is InChI=1S/C18H17ClN2.ClH/c1-11-4-6-15(8-12(11)2)21-18-9-13(3)20-17-7-5-14(19)10-16(17)18;/h4-10H,1-3H3,(H,20,21);1H. The normalized spacial score (nSPS) is 10.4. The van der Waals surface area contributed by atoms with Crippen LogP contribution in [0.3, 0.4) is 0 Å². The van der Waals surface area contributed by atoms with Crippen LogP contribution in [0.4, 0.5) is 11.4 Å². The minimum absolute atomic E-state index is 0. The number of anilines is 2. The van der Waals surface area contributed by atoms with Crippen molar-refractivity contribution in [3.63, 3.8) is 0 Å². The second-order valence-electron chi connectivity index (χ2n) is 5.40. The van der Waals surface area contributed by atoms with Crippen LogP contribution in [-0.2, 0) is 0 Å². The molecule has 3 aromatic rings. The number of pyridine rings is 1. The van der Waals surface area contributed by atoms with Crippen LogP contribution in [0, 0.1) is 20.8 Å². The molecule has 0 spiro atoms. The average molecular weight is 333 g/mol. The van der Waals surface area contributed by atoms with Gasteiger partial charge >= 0.3 is 0 Å². The number of halogens is 2. The summed E-state index contributed by atoms with van der Waals surface area (Å²) in [5.74, 6) is 0. The van der Waals surface area contributed by atoms with Gasteiger partial charge in [-0.1, -0.05) is 17.7 Å². The molecular formula is C18H18Cl2N2. The molecule has 22 heavy (non-hydrogen) atoms. The van der Waals surface area contributed by atoms with E-state index in [1.54, 1.807) is 0 Å². The number of fused-ring (bicyclic) bond motifs is 1. The molecule has 0 radical (unpaired) electrons. The van der Waals surface area contributed by atoms with E-state index in [1.165, 1.54) is 11.1 Å². The molecular weight excluding hydrogens is 315 g/mol. The fourth-order valence-electron chi connectivity index (χ4n) is 2.41. The second kappa shape index (κ2) is 6.55. The van der Waals surface area contributed by atoms with Gasteiger partial charge in [0.05, 0.1) is 5.52 Å². The molecule has 0 atom stereocenters. The zero-order valence-electron chi connectivity index (χ0n) is 12.8. The van der Waals surface area contributed by atoms with Gasteiger partial charge < -0.3 is 5.32 Å². The van der Waals surface area contributed by atoms with Gasteiger partial charge in [-0.05, 0) is 68.3 Å². The third kappa shape index (κ3) is 3.34. The lowest BCUT2D eigenvalue weighted by atomic mass is 10.1. The molecule has 0 saturated heterocycles. The number of hydrogen-bond acceptors (Lipinski definition) is 2. The number of nitrogens with one attached hydrogen (secondary N) is 1. The van der Waals surface area contributed by atoms with Crippen molar-refractivity contribution in [2.24, 2.45) is 0 Å². The lowest BCUT2D eigenvalue weighted by Gasteiger charge is -2.12. The van der Waals surface area contributed by atoms with Gasteiger partial charge in [-0.3, -0.25) is 4.98 Å². The van der Waals surface area contributed by atoms with E-state index in [2.05, 4.69) is 42.3 Å². The van der Waals surface area contributed by atoms with Crippen LogP contribution in [0.25, 0.3) is 10.9 Å². The average Bonchev–Trinajstić information content (AvgIpc) is 2.43. The van der Waals surface area contributed by atoms with Gasteiger partial charge in [-0.15, -0.1) is 12.4 Å². The Morgan fingerprint density at radius 2 is 1.68 bits per heavy atom. The van der Waals surface area contributed by atoms with Crippen LogP contribution in [0.1, 0.15) is 16.8 Å². The van der Waals surface area contributed by atoms with Crippen LogP contribution in [0.2, 0.25) is 5.02 Å². The van der Waals surface area contributed by atoms with Crippen molar-refractivity contribution in [1.82, 2.24) is 4.98 Å². The number of hydrogen-bond donors (Lipinski definition) is 1. The van der Waals surface area contributed by atoms with Crippen LogP contribution >= 0.6 is 24.0 Å². The summed E-state index contributed by atoms with van der Waals surface area (Å²) in [6.07, 6.45) is 0. The predicted molar refractivity (Wildman–Crippen MR) is 97.9 cm³/mol. The number of aromatic nitrogens is 1. The Balaban J connectivity index is 0.00000176. The molecule has 3 rings (SSSR count). The molecule has 0 fully saturated rings. The highest BCUT2D eigenvalue weighted by Gasteiger charge is 2.06. The second-order valence-corrected chi connectivity index (χ2v) is 5.83. The molecule has 4 heteroatoms. The van der Waals surface area contributed by atoms with Crippen molar-refractivity contribution in [3.05, 3.63) is 64.3 Å². The molecule has 0 bridgehead atoms. The summed E-state index contributed by atoms with van der Waals surface area (Å²) >= 11 is 6.12. The summed E-state index contributed by atoms with van der Waals surface area (Å²) in [4.78, 5) is 4.55. The number of nitrogens with zero attached hydrogens (tertiary/aromatic N) is 1. The van der Waals surface area contributed by atoms with Crippen LogP contribution in [-0.4, -0.2) is 4.98 Å². The van der Waals surface area contributed by atoms with Gasteiger partial charge in [0.1, 0.15) is 0 Å². The third-order valence-electron chi connectivity index (χ3n) is 3.68. The number of aryl methyl sites for hydroxylation is 3. The molecule has 0 unspecified atom stereocenters. The first-order valence-corrected chi connectivity index (χ1v) is 7.32. The topological polar surface area (TPSA) is 24.9 Å². The zero-order chi connectivity index (χ0) is 15.0. The summed E-state index contributed by atoms with van der Waals surface area (Å²) in [5.41, 5.74) is 6.60. The molecule has 0 aliphatic rings. The molecule has 0 aliphatic heterocycles. The Morgan fingerprint density at radius 3 is 2.41 bits per heavy atom. The first kappa shape index (κ1) is 16.6. The van der Waals surface area contributed by atoms with Crippen molar-refractivity contribution < 1.29 is 0 Å². The Labute approximate surface area is 141 Å². The zero-order valence-corrected chi connectivity index (χ0v) is 14.3. The molecule has 2 aromatic carbocycles. The lowest BCUT2D eigenvalue weighted by molar-refractivity contribution is 1.25. The fourth-order valence-corrected chi connectivity index (χ4v) is 2.58.